The van der Waals surface area contributed by atoms with Crippen LogP contribution in [0.3, 0.4) is 0 Å². The zero-order valence-electron chi connectivity index (χ0n) is 16.0. The minimum Gasteiger partial charge on any atom is -0.491 e. The van der Waals surface area contributed by atoms with Crippen LogP contribution in [-0.2, 0) is 9.53 Å². The molecule has 0 aliphatic rings. The molecule has 144 valence electrons. The van der Waals surface area contributed by atoms with Crippen molar-refractivity contribution in [1.82, 2.24) is 5.32 Å². The molecule has 2 rings (SSSR count). The third-order valence-electron chi connectivity index (χ3n) is 3.39. The number of nitrogens with one attached hydrogen (secondary N) is 2. The number of ether oxygens (including phenoxy) is 2. The van der Waals surface area contributed by atoms with Crippen LogP contribution in [0.4, 0.5) is 5.69 Å². The zero-order chi connectivity index (χ0) is 19.7. The van der Waals surface area contributed by atoms with Crippen molar-refractivity contribution in [2.45, 2.75) is 26.3 Å². The van der Waals surface area contributed by atoms with E-state index in [1.807, 2.05) is 51.1 Å². The molecular weight excluding hydrogens is 344 g/mol. The predicted molar refractivity (Wildman–Crippen MR) is 105 cm³/mol. The van der Waals surface area contributed by atoms with Gasteiger partial charge in [-0.05, 0) is 57.2 Å². The maximum atomic E-state index is 12.1. The van der Waals surface area contributed by atoms with Crippen molar-refractivity contribution in [3.05, 3.63) is 60.2 Å². The Hall–Kier alpha value is -2.86. The molecule has 0 saturated heterocycles. The van der Waals surface area contributed by atoms with E-state index < -0.39 is 0 Å². The van der Waals surface area contributed by atoms with Gasteiger partial charge < -0.3 is 20.1 Å². The van der Waals surface area contributed by atoms with Gasteiger partial charge in [0.15, 0.2) is 0 Å². The topological polar surface area (TPSA) is 76.7 Å². The monoisotopic (exact) mass is 370 g/mol. The highest BCUT2D eigenvalue weighted by molar-refractivity contribution is 5.96. The lowest BCUT2D eigenvalue weighted by Gasteiger charge is -2.20. The third kappa shape index (κ3) is 7.92. The van der Waals surface area contributed by atoms with Gasteiger partial charge in [-0.3, -0.25) is 9.59 Å². The van der Waals surface area contributed by atoms with Gasteiger partial charge in [0.1, 0.15) is 19.0 Å². The first-order valence-corrected chi connectivity index (χ1v) is 8.81. The van der Waals surface area contributed by atoms with Crippen LogP contribution < -0.4 is 15.4 Å². The van der Waals surface area contributed by atoms with Crippen LogP contribution in [-0.4, -0.2) is 37.2 Å². The van der Waals surface area contributed by atoms with Gasteiger partial charge in [-0.15, -0.1) is 0 Å². The lowest BCUT2D eigenvalue weighted by atomic mass is 10.1. The lowest BCUT2D eigenvalue weighted by molar-refractivity contribution is -0.120. The maximum absolute atomic E-state index is 12.1. The Morgan fingerprint density at radius 1 is 0.926 bits per heavy atom. The summed E-state index contributed by atoms with van der Waals surface area (Å²) in [5.74, 6) is 0.352. The van der Waals surface area contributed by atoms with Crippen LogP contribution in [0.1, 0.15) is 31.1 Å². The number of para-hydroxylation sites is 1. The molecule has 0 saturated carbocycles. The molecule has 2 aromatic carbocycles. The van der Waals surface area contributed by atoms with E-state index >= 15 is 0 Å². The molecule has 0 aromatic heterocycles. The molecule has 27 heavy (non-hydrogen) atoms. The molecule has 6 nitrogen and oxygen atoms in total. The predicted octanol–water partition coefficient (Wildman–Crippen LogP) is 3.25. The van der Waals surface area contributed by atoms with Crippen molar-refractivity contribution in [3.8, 4) is 5.75 Å². The molecule has 6 heteroatoms. The Bertz CT molecular complexity index is 737. The molecule has 0 aliphatic heterocycles. The van der Waals surface area contributed by atoms with Crippen LogP contribution in [0, 0.1) is 0 Å². The van der Waals surface area contributed by atoms with Gasteiger partial charge >= 0.3 is 0 Å². The highest BCUT2D eigenvalue weighted by Crippen LogP contribution is 2.11. The number of benzene rings is 2. The fourth-order valence-electron chi connectivity index (χ4n) is 2.21. The summed E-state index contributed by atoms with van der Waals surface area (Å²) in [7, 11) is 0. The van der Waals surface area contributed by atoms with E-state index in [9.17, 15) is 9.59 Å². The second kappa shape index (κ2) is 9.73. The molecule has 0 spiro atoms. The van der Waals surface area contributed by atoms with Gasteiger partial charge in [0, 0.05) is 16.8 Å². The largest absolute Gasteiger partial charge is 0.491 e. The second-order valence-electron chi connectivity index (χ2n) is 7.04. The summed E-state index contributed by atoms with van der Waals surface area (Å²) in [6.07, 6.45) is 0. The average Bonchev–Trinajstić information content (AvgIpc) is 2.61. The van der Waals surface area contributed by atoms with Gasteiger partial charge in [-0.1, -0.05) is 18.2 Å². The number of rotatable bonds is 8. The summed E-state index contributed by atoms with van der Waals surface area (Å²) < 4.78 is 10.8. The van der Waals surface area contributed by atoms with Crippen molar-refractivity contribution in [2.75, 3.05) is 25.1 Å². The van der Waals surface area contributed by atoms with E-state index in [1.165, 1.54) is 0 Å². The molecule has 2 N–H and O–H groups in total. The first-order chi connectivity index (χ1) is 12.8. The Morgan fingerprint density at radius 3 is 2.22 bits per heavy atom. The number of amides is 2. The minimum absolute atomic E-state index is 0.0651. The SMILES string of the molecule is CC(C)(C)NC(=O)c1ccc(NC(=O)COCCOc2ccccc2)cc1. The Balaban J connectivity index is 1.68. The minimum atomic E-state index is -0.300. The van der Waals surface area contributed by atoms with Gasteiger partial charge in [0.2, 0.25) is 5.91 Å². The zero-order valence-corrected chi connectivity index (χ0v) is 16.0. The molecule has 0 fully saturated rings. The van der Waals surface area contributed by atoms with Gasteiger partial charge in [0.25, 0.3) is 5.91 Å². The van der Waals surface area contributed by atoms with Crippen LogP contribution in [0.5, 0.6) is 5.75 Å². The standard InChI is InChI=1S/C21H26N2O4/c1-21(2,3)23-20(25)16-9-11-17(12-10-16)22-19(24)15-26-13-14-27-18-7-5-4-6-8-18/h4-12H,13-15H2,1-3H3,(H,22,24)(H,23,25). The Morgan fingerprint density at radius 2 is 1.59 bits per heavy atom. The van der Waals surface area contributed by atoms with Crippen LogP contribution in [0.15, 0.2) is 54.6 Å². The molecule has 0 unspecified atom stereocenters. The molecule has 0 atom stereocenters. The van der Waals surface area contributed by atoms with Crippen molar-refractivity contribution < 1.29 is 19.1 Å². The molecule has 0 aliphatic carbocycles. The third-order valence-corrected chi connectivity index (χ3v) is 3.39. The fourth-order valence-corrected chi connectivity index (χ4v) is 2.21. The number of carbonyl (C=O) groups excluding carboxylic acids is 2. The summed E-state index contributed by atoms with van der Waals surface area (Å²) in [5, 5.41) is 5.62. The van der Waals surface area contributed by atoms with E-state index in [4.69, 9.17) is 9.47 Å². The maximum Gasteiger partial charge on any atom is 0.251 e. The first kappa shape index (κ1) is 20.5. The van der Waals surface area contributed by atoms with Crippen molar-refractivity contribution >= 4 is 17.5 Å². The van der Waals surface area contributed by atoms with E-state index in [2.05, 4.69) is 10.6 Å². The summed E-state index contributed by atoms with van der Waals surface area (Å²) in [6, 6.07) is 16.1. The summed E-state index contributed by atoms with van der Waals surface area (Å²) >= 11 is 0. The Kier molecular flexibility index (Phi) is 7.37. The van der Waals surface area contributed by atoms with E-state index in [1.54, 1.807) is 24.3 Å². The number of hydrogen-bond donors (Lipinski definition) is 2. The van der Waals surface area contributed by atoms with E-state index in [0.717, 1.165) is 5.75 Å². The second-order valence-corrected chi connectivity index (χ2v) is 7.04. The van der Waals surface area contributed by atoms with E-state index in [-0.39, 0.29) is 24.0 Å². The van der Waals surface area contributed by atoms with Crippen LogP contribution in [0.25, 0.3) is 0 Å². The van der Waals surface area contributed by atoms with Gasteiger partial charge in [-0.25, -0.2) is 0 Å². The molecule has 2 aromatic rings. The Labute approximate surface area is 159 Å². The number of hydrogen-bond acceptors (Lipinski definition) is 4. The van der Waals surface area contributed by atoms with Crippen LogP contribution >= 0.6 is 0 Å². The van der Waals surface area contributed by atoms with Crippen molar-refractivity contribution in [1.29, 1.82) is 0 Å². The number of anilines is 1. The molecule has 0 heterocycles. The van der Waals surface area contributed by atoms with Crippen LogP contribution in [0.2, 0.25) is 0 Å². The fraction of sp³-hybridized carbons (Fsp3) is 0.333. The molecule has 0 radical (unpaired) electrons. The lowest BCUT2D eigenvalue weighted by Crippen LogP contribution is -2.40. The first-order valence-electron chi connectivity index (χ1n) is 8.81. The molecule has 2 amide bonds. The van der Waals surface area contributed by atoms with Crippen molar-refractivity contribution in [2.24, 2.45) is 0 Å². The van der Waals surface area contributed by atoms with Gasteiger partial charge in [-0.2, -0.15) is 0 Å². The summed E-state index contributed by atoms with van der Waals surface area (Å²) in [6.45, 7) is 6.38. The quantitative estimate of drug-likeness (QED) is 0.700. The molecule has 0 bridgehead atoms. The van der Waals surface area contributed by atoms with Gasteiger partial charge in [0.05, 0.1) is 6.61 Å². The summed E-state index contributed by atoms with van der Waals surface area (Å²) in [5.41, 5.74) is 0.847. The smallest absolute Gasteiger partial charge is 0.251 e. The highest BCUT2D eigenvalue weighted by atomic mass is 16.5. The average molecular weight is 370 g/mol. The van der Waals surface area contributed by atoms with E-state index in [0.29, 0.717) is 24.5 Å². The number of carbonyl (C=O) groups is 2. The highest BCUT2D eigenvalue weighted by Gasteiger charge is 2.15. The normalized spacial score (nSPS) is 10.9. The molecular formula is C21H26N2O4. The summed E-state index contributed by atoms with van der Waals surface area (Å²) in [4.78, 5) is 24.0. The van der Waals surface area contributed by atoms with Crippen molar-refractivity contribution in [3.63, 3.8) is 0 Å².